The van der Waals surface area contributed by atoms with Crippen molar-refractivity contribution in [3.63, 3.8) is 0 Å². The SMILES string of the molecule is c1ccc(-c2c3ccccc3c(-c3ccc4cc5c(ccc6ccccc65)cc4c3)c3ccccc23)cc1. The van der Waals surface area contributed by atoms with E-state index in [1.54, 1.807) is 0 Å². The third-order valence-electron chi connectivity index (χ3n) is 7.98. The minimum Gasteiger partial charge on any atom is -0.0622 e. The van der Waals surface area contributed by atoms with Crippen molar-refractivity contribution >= 4 is 53.9 Å². The fourth-order valence-corrected chi connectivity index (χ4v) is 6.26. The second-order valence-corrected chi connectivity index (χ2v) is 10.1. The van der Waals surface area contributed by atoms with Crippen LogP contribution >= 0.6 is 0 Å². The van der Waals surface area contributed by atoms with Gasteiger partial charge < -0.3 is 0 Å². The summed E-state index contributed by atoms with van der Waals surface area (Å²) in [7, 11) is 0. The van der Waals surface area contributed by atoms with Crippen molar-refractivity contribution < 1.29 is 0 Å². The molecule has 0 unspecified atom stereocenters. The highest BCUT2D eigenvalue weighted by Gasteiger charge is 2.16. The van der Waals surface area contributed by atoms with Crippen molar-refractivity contribution in [2.75, 3.05) is 0 Å². The van der Waals surface area contributed by atoms with Gasteiger partial charge >= 0.3 is 0 Å². The van der Waals surface area contributed by atoms with Gasteiger partial charge in [-0.2, -0.15) is 0 Å². The average Bonchev–Trinajstić information content (AvgIpc) is 2.99. The summed E-state index contributed by atoms with van der Waals surface area (Å²) in [4.78, 5) is 0. The van der Waals surface area contributed by atoms with Crippen LogP contribution in [0.15, 0.2) is 146 Å². The van der Waals surface area contributed by atoms with Gasteiger partial charge in [-0.1, -0.05) is 127 Å². The van der Waals surface area contributed by atoms with Crippen molar-refractivity contribution in [2.24, 2.45) is 0 Å². The van der Waals surface area contributed by atoms with Gasteiger partial charge in [0.15, 0.2) is 0 Å². The summed E-state index contributed by atoms with van der Waals surface area (Å²) < 4.78 is 0. The largest absolute Gasteiger partial charge is 0.0622 e. The molecule has 0 radical (unpaired) electrons. The van der Waals surface area contributed by atoms with Crippen LogP contribution in [0.2, 0.25) is 0 Å². The molecule has 0 heterocycles. The van der Waals surface area contributed by atoms with Crippen molar-refractivity contribution in [3.05, 3.63) is 146 Å². The van der Waals surface area contributed by atoms with Crippen molar-refractivity contribution in [1.82, 2.24) is 0 Å². The van der Waals surface area contributed by atoms with E-state index >= 15 is 0 Å². The maximum atomic E-state index is 2.38. The molecule has 0 saturated heterocycles. The molecule has 0 aromatic heterocycles. The van der Waals surface area contributed by atoms with Crippen LogP contribution < -0.4 is 0 Å². The predicted octanol–water partition coefficient (Wildman–Crippen LogP) is 10.8. The van der Waals surface area contributed by atoms with Gasteiger partial charge in [-0.3, -0.25) is 0 Å². The highest BCUT2D eigenvalue weighted by Crippen LogP contribution is 2.44. The quantitative estimate of drug-likeness (QED) is 0.170. The Labute approximate surface area is 221 Å². The molecule has 0 atom stereocenters. The summed E-state index contributed by atoms with van der Waals surface area (Å²) in [5.74, 6) is 0. The van der Waals surface area contributed by atoms with Gasteiger partial charge in [-0.05, 0) is 94.3 Å². The first-order valence-corrected chi connectivity index (χ1v) is 13.2. The molecule has 38 heavy (non-hydrogen) atoms. The van der Waals surface area contributed by atoms with E-state index in [9.17, 15) is 0 Å². The molecule has 0 aliphatic rings. The summed E-state index contributed by atoms with van der Waals surface area (Å²) in [6, 6.07) is 53.3. The molecule has 0 aliphatic heterocycles. The van der Waals surface area contributed by atoms with E-state index in [0.29, 0.717) is 0 Å². The van der Waals surface area contributed by atoms with Crippen LogP contribution in [0.1, 0.15) is 0 Å². The van der Waals surface area contributed by atoms with E-state index in [0.717, 1.165) is 0 Å². The molecule has 8 aromatic carbocycles. The second kappa shape index (κ2) is 8.30. The van der Waals surface area contributed by atoms with Gasteiger partial charge in [-0.15, -0.1) is 0 Å². The summed E-state index contributed by atoms with van der Waals surface area (Å²) >= 11 is 0. The fourth-order valence-electron chi connectivity index (χ4n) is 6.26. The Morgan fingerprint density at radius 1 is 0.237 bits per heavy atom. The van der Waals surface area contributed by atoms with Crippen LogP contribution in [-0.4, -0.2) is 0 Å². The molecule has 0 bridgehead atoms. The third kappa shape index (κ3) is 3.17. The number of hydrogen-bond acceptors (Lipinski definition) is 0. The normalized spacial score (nSPS) is 11.7. The minimum atomic E-state index is 1.25. The lowest BCUT2D eigenvalue weighted by Gasteiger charge is -2.18. The molecular formula is C38H24. The Bertz CT molecular complexity index is 2110. The lowest BCUT2D eigenvalue weighted by molar-refractivity contribution is 1.66. The molecule has 0 amide bonds. The highest BCUT2D eigenvalue weighted by molar-refractivity contribution is 6.22. The van der Waals surface area contributed by atoms with Crippen LogP contribution in [0.4, 0.5) is 0 Å². The van der Waals surface area contributed by atoms with Crippen LogP contribution in [0.25, 0.3) is 76.1 Å². The molecular weight excluding hydrogens is 456 g/mol. The molecule has 0 saturated carbocycles. The molecule has 8 rings (SSSR count). The summed E-state index contributed by atoms with van der Waals surface area (Å²) in [5.41, 5.74) is 5.11. The third-order valence-corrected chi connectivity index (χ3v) is 7.98. The van der Waals surface area contributed by atoms with Gasteiger partial charge in [0.25, 0.3) is 0 Å². The maximum absolute atomic E-state index is 2.38. The number of rotatable bonds is 2. The summed E-state index contributed by atoms with van der Waals surface area (Å²) in [5, 5.41) is 12.9. The smallest absolute Gasteiger partial charge is 0.00262 e. The summed E-state index contributed by atoms with van der Waals surface area (Å²) in [6.45, 7) is 0. The van der Waals surface area contributed by atoms with Crippen LogP contribution in [0.5, 0.6) is 0 Å². The lowest BCUT2D eigenvalue weighted by Crippen LogP contribution is -1.90. The molecule has 176 valence electrons. The molecule has 0 heteroatoms. The van der Waals surface area contributed by atoms with E-state index in [1.165, 1.54) is 76.1 Å². The summed E-state index contributed by atoms with van der Waals surface area (Å²) in [6.07, 6.45) is 0. The Morgan fingerprint density at radius 2 is 0.763 bits per heavy atom. The standard InChI is InChI=1S/C38H24/c1-2-11-26(12-3-1)37-32-14-6-8-16-34(32)38(35-17-9-7-15-33(35)37)29-21-19-27-24-36-28(22-30(27)23-29)20-18-25-10-4-5-13-31(25)36/h1-24H. The molecule has 0 aliphatic carbocycles. The molecule has 0 N–H and O–H groups in total. The zero-order chi connectivity index (χ0) is 25.1. The Balaban J connectivity index is 1.44. The van der Waals surface area contributed by atoms with E-state index in [2.05, 4.69) is 146 Å². The van der Waals surface area contributed by atoms with Gasteiger partial charge in [0.05, 0.1) is 0 Å². The van der Waals surface area contributed by atoms with Gasteiger partial charge in [0.2, 0.25) is 0 Å². The van der Waals surface area contributed by atoms with Gasteiger partial charge in [0, 0.05) is 0 Å². The average molecular weight is 481 g/mol. The first-order chi connectivity index (χ1) is 18.8. The Hall–Kier alpha value is -4.94. The van der Waals surface area contributed by atoms with E-state index < -0.39 is 0 Å². The lowest BCUT2D eigenvalue weighted by atomic mass is 9.85. The Kier molecular flexibility index (Phi) is 4.62. The zero-order valence-corrected chi connectivity index (χ0v) is 20.9. The van der Waals surface area contributed by atoms with Crippen LogP contribution in [0.3, 0.4) is 0 Å². The van der Waals surface area contributed by atoms with Crippen LogP contribution in [-0.2, 0) is 0 Å². The molecule has 0 spiro atoms. The van der Waals surface area contributed by atoms with E-state index in [4.69, 9.17) is 0 Å². The van der Waals surface area contributed by atoms with Gasteiger partial charge in [0.1, 0.15) is 0 Å². The second-order valence-electron chi connectivity index (χ2n) is 10.1. The van der Waals surface area contributed by atoms with Gasteiger partial charge in [-0.25, -0.2) is 0 Å². The van der Waals surface area contributed by atoms with Crippen LogP contribution in [0, 0.1) is 0 Å². The maximum Gasteiger partial charge on any atom is -0.00262 e. The van der Waals surface area contributed by atoms with Crippen molar-refractivity contribution in [1.29, 1.82) is 0 Å². The topological polar surface area (TPSA) is 0 Å². The first-order valence-electron chi connectivity index (χ1n) is 13.2. The number of hydrogen-bond donors (Lipinski definition) is 0. The Morgan fingerprint density at radius 3 is 1.45 bits per heavy atom. The monoisotopic (exact) mass is 480 g/mol. The van der Waals surface area contributed by atoms with Crippen molar-refractivity contribution in [2.45, 2.75) is 0 Å². The van der Waals surface area contributed by atoms with Crippen molar-refractivity contribution in [3.8, 4) is 22.3 Å². The molecule has 0 fully saturated rings. The molecule has 0 nitrogen and oxygen atoms in total. The molecule has 8 aromatic rings. The van der Waals surface area contributed by atoms with E-state index in [1.807, 2.05) is 0 Å². The number of benzene rings is 8. The predicted molar refractivity (Wildman–Crippen MR) is 165 cm³/mol. The number of fused-ring (bicyclic) bond motifs is 6. The fraction of sp³-hybridized carbons (Fsp3) is 0. The van der Waals surface area contributed by atoms with E-state index in [-0.39, 0.29) is 0 Å². The minimum absolute atomic E-state index is 1.25. The first kappa shape index (κ1) is 21.2. The highest BCUT2D eigenvalue weighted by atomic mass is 14.2. The zero-order valence-electron chi connectivity index (χ0n) is 20.9.